The number of carboxylic acids is 1. The van der Waals surface area contributed by atoms with Crippen molar-refractivity contribution in [3.05, 3.63) is 53.0 Å². The number of nitrogens with zero attached hydrogens (tertiary/aromatic N) is 2. The molecule has 120 valence electrons. The summed E-state index contributed by atoms with van der Waals surface area (Å²) in [6.07, 6.45) is 3.29. The summed E-state index contributed by atoms with van der Waals surface area (Å²) < 4.78 is 14.3. The van der Waals surface area contributed by atoms with Crippen molar-refractivity contribution in [1.29, 1.82) is 0 Å². The van der Waals surface area contributed by atoms with Crippen molar-refractivity contribution in [3.63, 3.8) is 0 Å². The summed E-state index contributed by atoms with van der Waals surface area (Å²) in [5.41, 5.74) is 2.38. The van der Waals surface area contributed by atoms with Gasteiger partial charge in [0.1, 0.15) is 12.4 Å². The van der Waals surface area contributed by atoms with Gasteiger partial charge in [0.05, 0.1) is 5.52 Å². The lowest BCUT2D eigenvalue weighted by Crippen LogP contribution is -2.21. The highest BCUT2D eigenvalue weighted by Crippen LogP contribution is 2.29. The number of imidazole rings is 1. The lowest BCUT2D eigenvalue weighted by Gasteiger charge is -2.01. The van der Waals surface area contributed by atoms with Crippen LogP contribution in [0.3, 0.4) is 0 Å². The number of benzene rings is 1. The molecule has 3 aromatic heterocycles. The molecule has 0 saturated heterocycles. The number of carbonyl (C=O) groups is 1. The molecule has 4 rings (SSSR count). The highest BCUT2D eigenvalue weighted by atomic mass is 19.1. The average Bonchev–Trinajstić information content (AvgIpc) is 3.07. The van der Waals surface area contributed by atoms with Crippen molar-refractivity contribution >= 4 is 28.0 Å². The van der Waals surface area contributed by atoms with Crippen molar-refractivity contribution < 1.29 is 14.3 Å². The molecule has 8 heteroatoms. The summed E-state index contributed by atoms with van der Waals surface area (Å²) in [5, 5.41) is 9.70. The van der Waals surface area contributed by atoms with Gasteiger partial charge in [0, 0.05) is 34.4 Å². The van der Waals surface area contributed by atoms with E-state index in [1.165, 1.54) is 12.1 Å². The summed E-state index contributed by atoms with van der Waals surface area (Å²) in [7, 11) is 0. The number of H-pyrrole nitrogens is 2. The molecule has 3 N–H and O–H groups in total. The average molecular weight is 326 g/mol. The van der Waals surface area contributed by atoms with Gasteiger partial charge in [-0.1, -0.05) is 0 Å². The predicted octanol–water partition coefficient (Wildman–Crippen LogP) is 2.10. The van der Waals surface area contributed by atoms with Crippen molar-refractivity contribution in [2.45, 2.75) is 6.54 Å². The van der Waals surface area contributed by atoms with E-state index in [1.807, 2.05) is 0 Å². The molecule has 7 nitrogen and oxygen atoms in total. The van der Waals surface area contributed by atoms with Crippen LogP contribution in [0.4, 0.5) is 4.39 Å². The van der Waals surface area contributed by atoms with Gasteiger partial charge in [0.2, 0.25) is 0 Å². The van der Waals surface area contributed by atoms with E-state index in [4.69, 9.17) is 5.11 Å². The quantitative estimate of drug-likeness (QED) is 0.536. The SMILES string of the molecule is O=C(O)Cn1c(=O)[nH]c2cc(-c3c[nH]c4cc(F)ccc34)cnc21. The number of aliphatic carboxylic acids is 1. The number of halogens is 1. The molecule has 3 heterocycles. The minimum absolute atomic E-state index is 0.275. The Morgan fingerprint density at radius 2 is 2.12 bits per heavy atom. The van der Waals surface area contributed by atoms with Crippen LogP contribution in [0.1, 0.15) is 0 Å². The number of hydrogen-bond acceptors (Lipinski definition) is 3. The molecule has 0 saturated carbocycles. The number of fused-ring (bicyclic) bond motifs is 2. The van der Waals surface area contributed by atoms with Crippen molar-refractivity contribution in [2.24, 2.45) is 0 Å². The molecular weight excluding hydrogens is 315 g/mol. The number of rotatable bonds is 3. The fourth-order valence-corrected chi connectivity index (χ4v) is 2.81. The second-order valence-corrected chi connectivity index (χ2v) is 5.40. The number of hydrogen-bond donors (Lipinski definition) is 3. The van der Waals surface area contributed by atoms with Gasteiger partial charge < -0.3 is 15.1 Å². The maximum atomic E-state index is 13.3. The number of carboxylic acid groups (broad SMARTS) is 1. The lowest BCUT2D eigenvalue weighted by atomic mass is 10.1. The Morgan fingerprint density at radius 1 is 1.29 bits per heavy atom. The van der Waals surface area contributed by atoms with Crippen LogP contribution in [0.2, 0.25) is 0 Å². The Labute approximate surface area is 133 Å². The first-order chi connectivity index (χ1) is 11.5. The highest BCUT2D eigenvalue weighted by molar-refractivity contribution is 5.96. The summed E-state index contributed by atoms with van der Waals surface area (Å²) in [6.45, 7) is -0.461. The smallest absolute Gasteiger partial charge is 0.328 e. The standard InChI is InChI=1S/C16H11FN4O3/c17-9-1-2-10-11(6-18-12(10)4-9)8-3-13-15(19-5-8)21(7-14(22)23)16(24)20-13/h1-6,18H,7H2,(H,20,24)(H,22,23). The van der Waals surface area contributed by atoms with Crippen molar-refractivity contribution in [2.75, 3.05) is 0 Å². The molecule has 0 aliphatic rings. The predicted molar refractivity (Wildman–Crippen MR) is 85.2 cm³/mol. The highest BCUT2D eigenvalue weighted by Gasteiger charge is 2.13. The van der Waals surface area contributed by atoms with Gasteiger partial charge in [-0.05, 0) is 24.3 Å². The van der Waals surface area contributed by atoms with Crippen LogP contribution in [-0.2, 0) is 11.3 Å². The summed E-state index contributed by atoms with van der Waals surface area (Å²) in [6, 6.07) is 6.15. The molecule has 0 amide bonds. The van der Waals surface area contributed by atoms with Gasteiger partial charge in [-0.15, -0.1) is 0 Å². The normalized spacial score (nSPS) is 11.4. The van der Waals surface area contributed by atoms with Gasteiger partial charge in [-0.25, -0.2) is 14.2 Å². The third kappa shape index (κ3) is 2.16. The molecule has 0 radical (unpaired) electrons. The Morgan fingerprint density at radius 3 is 2.92 bits per heavy atom. The van der Waals surface area contributed by atoms with E-state index in [-0.39, 0.29) is 11.5 Å². The molecule has 1 aromatic carbocycles. The van der Waals surface area contributed by atoms with Crippen LogP contribution in [0.25, 0.3) is 33.2 Å². The van der Waals surface area contributed by atoms with Gasteiger partial charge in [-0.3, -0.25) is 9.36 Å². The molecule has 4 aromatic rings. The zero-order valence-corrected chi connectivity index (χ0v) is 12.2. The third-order valence-electron chi connectivity index (χ3n) is 3.86. The molecule has 0 fully saturated rings. The molecule has 0 bridgehead atoms. The fourth-order valence-electron chi connectivity index (χ4n) is 2.81. The largest absolute Gasteiger partial charge is 0.480 e. The lowest BCUT2D eigenvalue weighted by molar-refractivity contribution is -0.137. The number of aromatic amines is 2. The zero-order valence-electron chi connectivity index (χ0n) is 12.2. The van der Waals surface area contributed by atoms with Gasteiger partial charge >= 0.3 is 11.7 Å². The topological polar surface area (TPSA) is 104 Å². The van der Waals surface area contributed by atoms with Crippen LogP contribution in [0.5, 0.6) is 0 Å². The zero-order chi connectivity index (χ0) is 16.8. The molecule has 24 heavy (non-hydrogen) atoms. The molecule has 0 spiro atoms. The fraction of sp³-hybridized carbons (Fsp3) is 0.0625. The number of pyridine rings is 1. The number of aromatic nitrogens is 4. The first kappa shape index (κ1) is 14.2. The van der Waals surface area contributed by atoms with E-state index < -0.39 is 18.2 Å². The number of nitrogens with one attached hydrogen (secondary N) is 2. The van der Waals surface area contributed by atoms with Crippen LogP contribution >= 0.6 is 0 Å². The second kappa shape index (κ2) is 5.05. The monoisotopic (exact) mass is 326 g/mol. The Hall–Kier alpha value is -3.42. The van der Waals surface area contributed by atoms with E-state index in [1.54, 1.807) is 24.5 Å². The van der Waals surface area contributed by atoms with E-state index in [2.05, 4.69) is 15.0 Å². The minimum atomic E-state index is -1.12. The Bertz CT molecular complexity index is 1160. The molecule has 0 unspecified atom stereocenters. The van der Waals surface area contributed by atoms with Crippen LogP contribution in [0.15, 0.2) is 41.5 Å². The Kier molecular flexibility index (Phi) is 2.99. The van der Waals surface area contributed by atoms with E-state index in [0.29, 0.717) is 11.0 Å². The third-order valence-corrected chi connectivity index (χ3v) is 3.86. The van der Waals surface area contributed by atoms with Crippen LogP contribution in [-0.4, -0.2) is 30.6 Å². The molecule has 0 atom stereocenters. The van der Waals surface area contributed by atoms with E-state index in [9.17, 15) is 14.0 Å². The minimum Gasteiger partial charge on any atom is -0.480 e. The molecule has 0 aliphatic carbocycles. The van der Waals surface area contributed by atoms with Gasteiger partial charge in [-0.2, -0.15) is 0 Å². The van der Waals surface area contributed by atoms with E-state index >= 15 is 0 Å². The van der Waals surface area contributed by atoms with Crippen LogP contribution in [0, 0.1) is 5.82 Å². The van der Waals surface area contributed by atoms with Crippen LogP contribution < -0.4 is 5.69 Å². The second-order valence-electron chi connectivity index (χ2n) is 5.40. The maximum Gasteiger partial charge on any atom is 0.328 e. The van der Waals surface area contributed by atoms with Gasteiger partial charge in [0.25, 0.3) is 0 Å². The van der Waals surface area contributed by atoms with E-state index in [0.717, 1.165) is 21.1 Å². The first-order valence-electron chi connectivity index (χ1n) is 7.10. The summed E-state index contributed by atoms with van der Waals surface area (Å²) in [5.74, 6) is -1.46. The summed E-state index contributed by atoms with van der Waals surface area (Å²) >= 11 is 0. The first-order valence-corrected chi connectivity index (χ1v) is 7.10. The Balaban J connectivity index is 1.88. The van der Waals surface area contributed by atoms with Crippen molar-refractivity contribution in [3.8, 4) is 11.1 Å². The van der Waals surface area contributed by atoms with Gasteiger partial charge in [0.15, 0.2) is 5.65 Å². The van der Waals surface area contributed by atoms with Crippen molar-refractivity contribution in [1.82, 2.24) is 19.5 Å². The molecular formula is C16H11FN4O3. The molecule has 0 aliphatic heterocycles. The maximum absolute atomic E-state index is 13.3. The summed E-state index contributed by atoms with van der Waals surface area (Å²) in [4.78, 5) is 32.5.